The Balaban J connectivity index is 1.46. The number of non-ortho nitro benzene ring substituents is 1. The Hall–Kier alpha value is -4.14. The zero-order valence-corrected chi connectivity index (χ0v) is 20.4. The van der Waals surface area contributed by atoms with Crippen LogP contribution in [0.3, 0.4) is 0 Å². The SMILES string of the molecule is O=C(c1sc2c([N+](=O)[O-])cccc2c1Cl)N(Cc1cccc2[nH]ccc12)Cc1cccc2[nH]ccc12. The zero-order chi connectivity index (χ0) is 24.8. The minimum Gasteiger partial charge on any atom is -0.361 e. The van der Waals surface area contributed by atoms with E-state index in [0.29, 0.717) is 28.1 Å². The van der Waals surface area contributed by atoms with Crippen LogP contribution in [0.2, 0.25) is 5.02 Å². The number of nitrogens with zero attached hydrogens (tertiary/aromatic N) is 2. The van der Waals surface area contributed by atoms with Crippen LogP contribution in [0.15, 0.2) is 79.1 Å². The molecule has 36 heavy (non-hydrogen) atoms. The molecule has 3 aromatic carbocycles. The lowest BCUT2D eigenvalue weighted by Crippen LogP contribution is -2.30. The first-order chi connectivity index (χ1) is 17.5. The van der Waals surface area contributed by atoms with E-state index < -0.39 is 4.92 Å². The van der Waals surface area contributed by atoms with Crippen molar-refractivity contribution in [1.29, 1.82) is 0 Å². The topological polar surface area (TPSA) is 95.0 Å². The van der Waals surface area contributed by atoms with Crippen LogP contribution in [0.25, 0.3) is 31.9 Å². The molecule has 0 saturated carbocycles. The predicted octanol–water partition coefficient (Wildman–Crippen LogP) is 7.27. The highest BCUT2D eigenvalue weighted by molar-refractivity contribution is 7.22. The summed E-state index contributed by atoms with van der Waals surface area (Å²) >= 11 is 7.73. The number of amides is 1. The number of nitrogens with one attached hydrogen (secondary N) is 2. The lowest BCUT2D eigenvalue weighted by molar-refractivity contribution is -0.382. The van der Waals surface area contributed by atoms with Crippen molar-refractivity contribution in [2.24, 2.45) is 0 Å². The predicted molar refractivity (Wildman–Crippen MR) is 144 cm³/mol. The number of aromatic amines is 2. The summed E-state index contributed by atoms with van der Waals surface area (Å²) in [6.07, 6.45) is 3.76. The van der Waals surface area contributed by atoms with Crippen molar-refractivity contribution < 1.29 is 9.72 Å². The van der Waals surface area contributed by atoms with Crippen LogP contribution in [-0.2, 0) is 13.1 Å². The van der Waals surface area contributed by atoms with Crippen molar-refractivity contribution in [3.63, 3.8) is 0 Å². The number of carbonyl (C=O) groups is 1. The molecule has 178 valence electrons. The van der Waals surface area contributed by atoms with Gasteiger partial charge in [-0.25, -0.2) is 0 Å². The molecular formula is C27H19ClN4O3S. The number of nitro benzene ring substituents is 1. The number of hydrogen-bond donors (Lipinski definition) is 2. The van der Waals surface area contributed by atoms with Gasteiger partial charge in [-0.05, 0) is 35.4 Å². The average molecular weight is 515 g/mol. The van der Waals surface area contributed by atoms with Gasteiger partial charge in [0.1, 0.15) is 9.58 Å². The number of halogens is 1. The smallest absolute Gasteiger partial charge is 0.287 e. The van der Waals surface area contributed by atoms with Gasteiger partial charge in [-0.15, -0.1) is 11.3 Å². The number of thiophene rings is 1. The Morgan fingerprint density at radius 2 is 1.44 bits per heavy atom. The number of benzene rings is 3. The summed E-state index contributed by atoms with van der Waals surface area (Å²) in [5, 5.41) is 14.4. The standard InChI is InChI=1S/C27H19ClN4O3S/c28-24-20-6-3-9-23(32(34)35)25(20)36-26(24)27(33)31(14-16-4-1-7-21-18(16)10-12-29-21)15-17-5-2-8-22-19(17)11-13-30-22/h1-13,29-30H,14-15H2. The molecule has 0 fully saturated rings. The highest BCUT2D eigenvalue weighted by atomic mass is 35.5. The quantitative estimate of drug-likeness (QED) is 0.181. The van der Waals surface area contributed by atoms with Crippen LogP contribution >= 0.6 is 22.9 Å². The summed E-state index contributed by atoms with van der Waals surface area (Å²) in [6.45, 7) is 0.697. The fourth-order valence-corrected chi connectivity index (χ4v) is 6.24. The molecule has 0 unspecified atom stereocenters. The van der Waals surface area contributed by atoms with Gasteiger partial charge in [0.15, 0.2) is 0 Å². The largest absolute Gasteiger partial charge is 0.361 e. The molecule has 3 heterocycles. The van der Waals surface area contributed by atoms with Crippen LogP contribution < -0.4 is 0 Å². The third-order valence-electron chi connectivity index (χ3n) is 6.41. The molecule has 0 aliphatic heterocycles. The molecular weight excluding hydrogens is 496 g/mol. The summed E-state index contributed by atoms with van der Waals surface area (Å²) in [6, 6.07) is 20.6. The number of H-pyrrole nitrogens is 2. The minimum absolute atomic E-state index is 0.0563. The van der Waals surface area contributed by atoms with E-state index in [-0.39, 0.29) is 16.6 Å². The van der Waals surface area contributed by atoms with Crippen LogP contribution in [-0.4, -0.2) is 25.7 Å². The number of nitro groups is 1. The Kier molecular flexibility index (Phi) is 5.47. The highest BCUT2D eigenvalue weighted by Gasteiger charge is 2.27. The molecule has 7 nitrogen and oxygen atoms in total. The van der Waals surface area contributed by atoms with Crippen molar-refractivity contribution in [3.8, 4) is 0 Å². The van der Waals surface area contributed by atoms with E-state index in [2.05, 4.69) is 9.97 Å². The van der Waals surface area contributed by atoms with E-state index in [1.807, 2.05) is 60.9 Å². The Morgan fingerprint density at radius 1 is 0.861 bits per heavy atom. The maximum atomic E-state index is 14.0. The molecule has 6 aromatic rings. The highest BCUT2D eigenvalue weighted by Crippen LogP contribution is 2.41. The van der Waals surface area contributed by atoms with Gasteiger partial charge >= 0.3 is 0 Å². The fraction of sp³-hybridized carbons (Fsp3) is 0.0741. The van der Waals surface area contributed by atoms with Crippen molar-refractivity contribution in [2.45, 2.75) is 13.1 Å². The average Bonchev–Trinajstić information content (AvgIpc) is 3.62. The molecule has 0 bridgehead atoms. The Bertz CT molecular complexity index is 1710. The number of rotatable bonds is 6. The Morgan fingerprint density at radius 3 is 2.03 bits per heavy atom. The van der Waals surface area contributed by atoms with Gasteiger partial charge in [-0.1, -0.05) is 48.0 Å². The summed E-state index contributed by atoms with van der Waals surface area (Å²) in [4.78, 5) is 33.7. The fourth-order valence-electron chi connectivity index (χ4n) is 4.69. The zero-order valence-electron chi connectivity index (χ0n) is 18.8. The number of aromatic nitrogens is 2. The molecule has 0 atom stereocenters. The van der Waals surface area contributed by atoms with Crippen LogP contribution in [0.4, 0.5) is 5.69 Å². The number of carbonyl (C=O) groups excluding carboxylic acids is 1. The number of hydrogen-bond acceptors (Lipinski definition) is 4. The molecule has 0 aliphatic carbocycles. The van der Waals surface area contributed by atoms with E-state index in [0.717, 1.165) is 44.3 Å². The number of fused-ring (bicyclic) bond motifs is 3. The van der Waals surface area contributed by atoms with Gasteiger partial charge in [0.25, 0.3) is 11.6 Å². The van der Waals surface area contributed by atoms with E-state index in [4.69, 9.17) is 11.6 Å². The molecule has 2 N–H and O–H groups in total. The van der Waals surface area contributed by atoms with Crippen molar-refractivity contribution in [2.75, 3.05) is 0 Å². The lowest BCUT2D eigenvalue weighted by atomic mass is 10.1. The molecule has 0 saturated heterocycles. The molecule has 3 aromatic heterocycles. The maximum absolute atomic E-state index is 14.0. The lowest BCUT2D eigenvalue weighted by Gasteiger charge is -2.23. The summed E-state index contributed by atoms with van der Waals surface area (Å²) < 4.78 is 0.399. The first-order valence-electron chi connectivity index (χ1n) is 11.3. The van der Waals surface area contributed by atoms with Gasteiger partial charge < -0.3 is 14.9 Å². The monoisotopic (exact) mass is 514 g/mol. The first-order valence-corrected chi connectivity index (χ1v) is 12.5. The van der Waals surface area contributed by atoms with Crippen molar-refractivity contribution in [1.82, 2.24) is 14.9 Å². The second-order valence-electron chi connectivity index (χ2n) is 8.53. The normalized spacial score (nSPS) is 11.5. The van der Waals surface area contributed by atoms with Gasteiger partial charge in [-0.2, -0.15) is 0 Å². The third kappa shape index (κ3) is 3.71. The summed E-state index contributed by atoms with van der Waals surface area (Å²) in [5.41, 5.74) is 3.91. The van der Waals surface area contributed by atoms with E-state index >= 15 is 0 Å². The van der Waals surface area contributed by atoms with Crippen LogP contribution in [0.1, 0.15) is 20.8 Å². The maximum Gasteiger partial charge on any atom is 0.287 e. The third-order valence-corrected chi connectivity index (χ3v) is 8.13. The second-order valence-corrected chi connectivity index (χ2v) is 9.93. The molecule has 6 rings (SSSR count). The van der Waals surface area contributed by atoms with Gasteiger partial charge in [0.05, 0.1) is 9.95 Å². The van der Waals surface area contributed by atoms with Gasteiger partial charge in [0.2, 0.25) is 0 Å². The molecule has 9 heteroatoms. The van der Waals surface area contributed by atoms with Crippen LogP contribution in [0, 0.1) is 10.1 Å². The van der Waals surface area contributed by atoms with Crippen LogP contribution in [0.5, 0.6) is 0 Å². The van der Waals surface area contributed by atoms with Crippen molar-refractivity contribution in [3.05, 3.63) is 110 Å². The summed E-state index contributed by atoms with van der Waals surface area (Å²) in [7, 11) is 0. The first kappa shape index (κ1) is 22.3. The second kappa shape index (κ2) is 8.82. The van der Waals surface area contributed by atoms with E-state index in [1.54, 1.807) is 17.0 Å². The van der Waals surface area contributed by atoms with Gasteiger partial charge in [-0.3, -0.25) is 14.9 Å². The van der Waals surface area contributed by atoms with Crippen molar-refractivity contribution >= 4 is 66.4 Å². The van der Waals surface area contributed by atoms with E-state index in [9.17, 15) is 14.9 Å². The Labute approximate surface area is 214 Å². The molecule has 1 amide bonds. The minimum atomic E-state index is -0.444. The molecule has 0 radical (unpaired) electrons. The molecule has 0 spiro atoms. The van der Waals surface area contributed by atoms with E-state index in [1.165, 1.54) is 6.07 Å². The summed E-state index contributed by atoms with van der Waals surface area (Å²) in [5.74, 6) is -0.268. The van der Waals surface area contributed by atoms with Gasteiger partial charge in [0, 0.05) is 58.7 Å². The molecule has 0 aliphatic rings.